The fourth-order valence-electron chi connectivity index (χ4n) is 2.80. The summed E-state index contributed by atoms with van der Waals surface area (Å²) in [6.45, 7) is 1.60. The Morgan fingerprint density at radius 2 is 2.00 bits per heavy atom. The van der Waals surface area contributed by atoms with Crippen molar-refractivity contribution in [1.82, 2.24) is 19.4 Å². The number of ether oxygens (including phenoxy) is 1. The highest BCUT2D eigenvalue weighted by molar-refractivity contribution is 5.89. The smallest absolute Gasteiger partial charge is 0.347 e. The molecule has 1 N–H and O–H groups in total. The molecule has 0 fully saturated rings. The Bertz CT molecular complexity index is 991. The maximum Gasteiger partial charge on any atom is 0.347 e. The van der Waals surface area contributed by atoms with E-state index in [0.29, 0.717) is 31.9 Å². The summed E-state index contributed by atoms with van der Waals surface area (Å²) >= 11 is 0. The van der Waals surface area contributed by atoms with Crippen LogP contribution in [-0.2, 0) is 17.8 Å². The number of aromatic nitrogens is 3. The minimum absolute atomic E-state index is 0.247. The van der Waals surface area contributed by atoms with Crippen LogP contribution in [0.25, 0.3) is 0 Å². The van der Waals surface area contributed by atoms with Crippen molar-refractivity contribution in [1.29, 1.82) is 0 Å². The summed E-state index contributed by atoms with van der Waals surface area (Å²) < 4.78 is 6.63. The van der Waals surface area contributed by atoms with Crippen LogP contribution in [0.3, 0.4) is 0 Å². The van der Waals surface area contributed by atoms with Gasteiger partial charge in [-0.15, -0.1) is 0 Å². The number of hydrogen-bond acceptors (Lipinski definition) is 5. The van der Waals surface area contributed by atoms with Gasteiger partial charge in [0.2, 0.25) is 0 Å². The van der Waals surface area contributed by atoms with Gasteiger partial charge in [0.25, 0.3) is 0 Å². The second-order valence-electron chi connectivity index (χ2n) is 6.40. The number of hydrogen-bond donors (Lipinski definition) is 1. The molecule has 2 aromatic heterocycles. The summed E-state index contributed by atoms with van der Waals surface area (Å²) in [5.74, 6) is 0. The minimum Gasteiger partial charge on any atom is -0.383 e. The van der Waals surface area contributed by atoms with Gasteiger partial charge in [0, 0.05) is 37.9 Å². The van der Waals surface area contributed by atoms with E-state index >= 15 is 0 Å². The quantitative estimate of drug-likeness (QED) is 0.635. The van der Waals surface area contributed by atoms with Crippen molar-refractivity contribution in [2.45, 2.75) is 13.1 Å². The van der Waals surface area contributed by atoms with Crippen molar-refractivity contribution in [2.24, 2.45) is 0 Å². The maximum absolute atomic E-state index is 12.8. The van der Waals surface area contributed by atoms with E-state index in [-0.39, 0.29) is 11.7 Å². The average Bonchev–Trinajstić information content (AvgIpc) is 2.74. The van der Waals surface area contributed by atoms with Crippen LogP contribution in [0.4, 0.5) is 10.5 Å². The minimum atomic E-state index is -0.317. The number of anilines is 1. The van der Waals surface area contributed by atoms with E-state index in [4.69, 9.17) is 4.74 Å². The number of benzene rings is 1. The van der Waals surface area contributed by atoms with Crippen molar-refractivity contribution < 1.29 is 9.53 Å². The Morgan fingerprint density at radius 3 is 2.76 bits per heavy atom. The van der Waals surface area contributed by atoms with Crippen molar-refractivity contribution in [3.8, 4) is 0 Å². The molecule has 150 valence electrons. The molecule has 0 radical (unpaired) electrons. The molecule has 0 aliphatic heterocycles. The monoisotopic (exact) mass is 393 g/mol. The molecule has 0 saturated heterocycles. The number of carbonyl (C=O) groups excluding carboxylic acids is 1. The molecule has 0 spiro atoms. The topological polar surface area (TPSA) is 89.3 Å². The zero-order chi connectivity index (χ0) is 20.5. The number of urea groups is 1. The molecule has 0 aliphatic carbocycles. The number of nitrogens with one attached hydrogen (secondary N) is 1. The molecule has 1 aromatic carbocycles. The molecule has 0 atom stereocenters. The number of pyridine rings is 1. The van der Waals surface area contributed by atoms with Crippen LogP contribution in [0.2, 0.25) is 0 Å². The van der Waals surface area contributed by atoms with Crippen LogP contribution in [0.5, 0.6) is 0 Å². The SMILES string of the molecule is COCCN(Cc1ccccn1)C(=O)Nc1cccc(Cn2cccnc2=O)c1. The van der Waals surface area contributed by atoms with Gasteiger partial charge in [0.05, 0.1) is 25.4 Å². The van der Waals surface area contributed by atoms with Gasteiger partial charge in [-0.2, -0.15) is 0 Å². The highest BCUT2D eigenvalue weighted by Crippen LogP contribution is 2.13. The normalized spacial score (nSPS) is 10.5. The molecule has 3 rings (SSSR count). The molecule has 2 amide bonds. The van der Waals surface area contributed by atoms with Crippen LogP contribution >= 0.6 is 0 Å². The van der Waals surface area contributed by atoms with Gasteiger partial charge >= 0.3 is 11.7 Å². The summed E-state index contributed by atoms with van der Waals surface area (Å²) in [4.78, 5) is 34.3. The van der Waals surface area contributed by atoms with Crippen LogP contribution in [-0.4, -0.2) is 45.7 Å². The van der Waals surface area contributed by atoms with Gasteiger partial charge in [-0.1, -0.05) is 18.2 Å². The van der Waals surface area contributed by atoms with Gasteiger partial charge in [-0.25, -0.2) is 14.6 Å². The van der Waals surface area contributed by atoms with E-state index in [2.05, 4.69) is 15.3 Å². The Labute approximate surface area is 168 Å². The molecule has 0 unspecified atom stereocenters. The number of nitrogens with zero attached hydrogens (tertiary/aromatic N) is 4. The lowest BCUT2D eigenvalue weighted by atomic mass is 10.2. The van der Waals surface area contributed by atoms with Gasteiger partial charge in [0.1, 0.15) is 0 Å². The summed E-state index contributed by atoms with van der Waals surface area (Å²) in [5, 5.41) is 2.91. The maximum atomic E-state index is 12.8. The van der Waals surface area contributed by atoms with Gasteiger partial charge in [-0.3, -0.25) is 9.55 Å². The van der Waals surface area contributed by atoms with Crippen molar-refractivity contribution >= 4 is 11.7 Å². The summed E-state index contributed by atoms with van der Waals surface area (Å²) in [7, 11) is 1.60. The highest BCUT2D eigenvalue weighted by atomic mass is 16.5. The third-order valence-corrected chi connectivity index (χ3v) is 4.25. The predicted octanol–water partition coefficient (Wildman–Crippen LogP) is 2.37. The van der Waals surface area contributed by atoms with Crippen LogP contribution < -0.4 is 11.0 Å². The summed E-state index contributed by atoms with van der Waals surface area (Å²) in [5.41, 5.74) is 2.01. The van der Waals surface area contributed by atoms with E-state index in [9.17, 15) is 9.59 Å². The Balaban J connectivity index is 1.70. The number of rotatable bonds is 8. The highest BCUT2D eigenvalue weighted by Gasteiger charge is 2.15. The van der Waals surface area contributed by atoms with E-state index in [0.717, 1.165) is 11.3 Å². The fraction of sp³-hybridized carbons (Fsp3) is 0.238. The molecule has 3 aromatic rings. The van der Waals surface area contributed by atoms with Gasteiger partial charge in [0.15, 0.2) is 0 Å². The van der Waals surface area contributed by atoms with E-state index in [1.165, 1.54) is 10.8 Å². The standard InChI is InChI=1S/C21H23N5O3/c1-29-13-12-26(16-19-7-2-3-9-22-19)21(28)24-18-8-4-6-17(14-18)15-25-11-5-10-23-20(25)27/h2-11,14H,12-13,15-16H2,1H3,(H,24,28). The molecule has 8 nitrogen and oxygen atoms in total. The van der Waals surface area contributed by atoms with Crippen LogP contribution in [0.1, 0.15) is 11.3 Å². The van der Waals surface area contributed by atoms with Gasteiger partial charge < -0.3 is 15.0 Å². The lowest BCUT2D eigenvalue weighted by Gasteiger charge is -2.22. The summed E-state index contributed by atoms with van der Waals surface area (Å²) in [6.07, 6.45) is 4.84. The lowest BCUT2D eigenvalue weighted by Crippen LogP contribution is -2.37. The second kappa shape index (κ2) is 10.1. The van der Waals surface area contributed by atoms with E-state index in [1.807, 2.05) is 42.5 Å². The Morgan fingerprint density at radius 1 is 1.14 bits per heavy atom. The molecular formula is C21H23N5O3. The average molecular weight is 393 g/mol. The zero-order valence-electron chi connectivity index (χ0n) is 16.2. The zero-order valence-corrected chi connectivity index (χ0v) is 16.2. The fourth-order valence-corrected chi connectivity index (χ4v) is 2.80. The molecule has 0 aliphatic rings. The first-order valence-corrected chi connectivity index (χ1v) is 9.21. The summed E-state index contributed by atoms with van der Waals surface area (Å²) in [6, 6.07) is 14.4. The second-order valence-corrected chi connectivity index (χ2v) is 6.40. The number of amides is 2. The first-order chi connectivity index (χ1) is 14.2. The molecule has 29 heavy (non-hydrogen) atoms. The number of methoxy groups -OCH3 is 1. The molecule has 2 heterocycles. The van der Waals surface area contributed by atoms with E-state index in [1.54, 1.807) is 30.5 Å². The van der Waals surface area contributed by atoms with Crippen molar-refractivity contribution in [2.75, 3.05) is 25.6 Å². The predicted molar refractivity (Wildman–Crippen MR) is 110 cm³/mol. The van der Waals surface area contributed by atoms with Crippen molar-refractivity contribution in [3.05, 3.63) is 88.9 Å². The lowest BCUT2D eigenvalue weighted by molar-refractivity contribution is 0.152. The third-order valence-electron chi connectivity index (χ3n) is 4.25. The first kappa shape index (κ1) is 20.2. The number of carbonyl (C=O) groups is 1. The Kier molecular flexibility index (Phi) is 7.07. The first-order valence-electron chi connectivity index (χ1n) is 9.21. The third kappa shape index (κ3) is 5.98. The largest absolute Gasteiger partial charge is 0.383 e. The molecular weight excluding hydrogens is 370 g/mol. The molecule has 8 heteroatoms. The van der Waals surface area contributed by atoms with Gasteiger partial charge in [-0.05, 0) is 35.9 Å². The molecule has 0 saturated carbocycles. The Hall–Kier alpha value is -3.52. The molecule has 0 bridgehead atoms. The van der Waals surface area contributed by atoms with Crippen LogP contribution in [0, 0.1) is 0 Å². The van der Waals surface area contributed by atoms with E-state index < -0.39 is 0 Å². The van der Waals surface area contributed by atoms with Crippen LogP contribution in [0.15, 0.2) is 71.9 Å². The van der Waals surface area contributed by atoms with Crippen molar-refractivity contribution in [3.63, 3.8) is 0 Å².